The summed E-state index contributed by atoms with van der Waals surface area (Å²) in [7, 11) is 1.99. The number of hydrogen-bond donors (Lipinski definition) is 1. The Morgan fingerprint density at radius 1 is 0.892 bits per heavy atom. The lowest BCUT2D eigenvalue weighted by molar-refractivity contribution is 0.0697. The van der Waals surface area contributed by atoms with E-state index in [1.54, 1.807) is 35.6 Å². The fourth-order valence-electron chi connectivity index (χ4n) is 5.38. The minimum absolute atomic E-state index is 0.175. The van der Waals surface area contributed by atoms with Crippen molar-refractivity contribution in [1.29, 1.82) is 0 Å². The number of aromatic carboxylic acids is 1. The van der Waals surface area contributed by atoms with Gasteiger partial charge in [-0.1, -0.05) is 43.0 Å². The molecule has 0 spiro atoms. The monoisotopic (exact) mass is 501 g/mol. The zero-order chi connectivity index (χ0) is 25.4. The zero-order valence-electron chi connectivity index (χ0n) is 19.7. The van der Waals surface area contributed by atoms with Crippen molar-refractivity contribution >= 4 is 49.7 Å². The van der Waals surface area contributed by atoms with E-state index in [0.717, 1.165) is 43.7 Å². The number of nitrogens with zero attached hydrogens (tertiary/aromatic N) is 1. The van der Waals surface area contributed by atoms with Crippen molar-refractivity contribution in [3.8, 4) is 32.9 Å². The second-order valence-electron chi connectivity index (χ2n) is 9.16. The molecule has 0 bridgehead atoms. The topological polar surface area (TPSA) is 70.7 Å². The molecule has 178 valence electrons. The second kappa shape index (κ2) is 7.66. The average molecular weight is 502 g/mol. The standard InChI is InChI=1S/C31H19NO4S/c1-16-28-21-9-5-6-10-27(21)37-30(28)22-14-23-26(15-24(22)32(16)2)36-25-13-17(33)11-12-20(25)29(23)18-7-3-4-8-19(18)31(34)35/h3-15H,1H2,2H3,(H,34,35). The molecule has 4 aromatic rings. The van der Waals surface area contributed by atoms with E-state index in [-0.39, 0.29) is 11.0 Å². The van der Waals surface area contributed by atoms with Crippen LogP contribution in [0, 0.1) is 0 Å². The molecule has 37 heavy (non-hydrogen) atoms. The summed E-state index contributed by atoms with van der Waals surface area (Å²) in [4.78, 5) is 27.6. The molecular formula is C31H19NO4S. The quantitative estimate of drug-likeness (QED) is 0.248. The van der Waals surface area contributed by atoms with E-state index in [2.05, 4.69) is 29.7 Å². The highest BCUT2D eigenvalue weighted by molar-refractivity contribution is 7.22. The van der Waals surface area contributed by atoms with Crippen molar-refractivity contribution in [3.63, 3.8) is 0 Å². The summed E-state index contributed by atoms with van der Waals surface area (Å²) < 4.78 is 7.46. The third kappa shape index (κ3) is 3.03. The molecule has 0 atom stereocenters. The van der Waals surface area contributed by atoms with Gasteiger partial charge in [0, 0.05) is 67.5 Å². The summed E-state index contributed by atoms with van der Waals surface area (Å²) in [5, 5.41) is 11.9. The lowest BCUT2D eigenvalue weighted by Gasteiger charge is -2.30. The van der Waals surface area contributed by atoms with E-state index in [1.807, 2.05) is 31.3 Å². The highest BCUT2D eigenvalue weighted by atomic mass is 32.1. The number of carboxylic acids is 1. The third-order valence-electron chi connectivity index (χ3n) is 7.13. The van der Waals surface area contributed by atoms with E-state index in [0.29, 0.717) is 22.5 Å². The van der Waals surface area contributed by atoms with Crippen LogP contribution in [-0.4, -0.2) is 18.1 Å². The van der Waals surface area contributed by atoms with E-state index in [4.69, 9.17) is 4.42 Å². The van der Waals surface area contributed by atoms with Gasteiger partial charge in [-0.05, 0) is 35.9 Å². The molecule has 5 nitrogen and oxygen atoms in total. The molecule has 6 heteroatoms. The first kappa shape index (κ1) is 21.6. The van der Waals surface area contributed by atoms with Crippen LogP contribution in [0.3, 0.4) is 0 Å². The Hall–Kier alpha value is -4.68. The molecule has 0 unspecified atom stereocenters. The Morgan fingerprint density at radius 3 is 2.51 bits per heavy atom. The summed E-state index contributed by atoms with van der Waals surface area (Å²) >= 11 is 1.72. The Morgan fingerprint density at radius 2 is 1.68 bits per heavy atom. The number of carboxylic acid groups (broad SMARTS) is 1. The van der Waals surface area contributed by atoms with Gasteiger partial charge >= 0.3 is 5.97 Å². The maximum absolute atomic E-state index is 12.2. The van der Waals surface area contributed by atoms with Crippen LogP contribution in [0.4, 0.5) is 5.69 Å². The van der Waals surface area contributed by atoms with Crippen LogP contribution in [0.1, 0.15) is 15.9 Å². The van der Waals surface area contributed by atoms with Gasteiger partial charge in [0.25, 0.3) is 0 Å². The lowest BCUT2D eigenvalue weighted by atomic mass is 9.88. The van der Waals surface area contributed by atoms with Crippen molar-refractivity contribution in [2.75, 3.05) is 11.9 Å². The van der Waals surface area contributed by atoms with E-state index in [9.17, 15) is 14.7 Å². The average Bonchev–Trinajstić information content (AvgIpc) is 3.29. The molecular weight excluding hydrogens is 482 g/mol. The van der Waals surface area contributed by atoms with Crippen molar-refractivity contribution in [2.45, 2.75) is 0 Å². The molecule has 3 aromatic carbocycles. The number of fused-ring (bicyclic) bond motifs is 7. The van der Waals surface area contributed by atoms with Gasteiger partial charge in [-0.25, -0.2) is 4.79 Å². The first-order valence-electron chi connectivity index (χ1n) is 11.7. The molecule has 0 saturated carbocycles. The van der Waals surface area contributed by atoms with Gasteiger partial charge in [0.1, 0.15) is 11.3 Å². The van der Waals surface area contributed by atoms with Gasteiger partial charge < -0.3 is 14.4 Å². The molecule has 7 rings (SSSR count). The van der Waals surface area contributed by atoms with E-state index >= 15 is 0 Å². The first-order valence-corrected chi connectivity index (χ1v) is 12.6. The number of carbonyl (C=O) groups is 1. The molecule has 1 N–H and O–H groups in total. The fraction of sp³-hybridized carbons (Fsp3) is 0.0323. The molecule has 0 fully saturated rings. The number of hydrogen-bond acceptors (Lipinski definition) is 5. The van der Waals surface area contributed by atoms with Crippen LogP contribution in [0.5, 0.6) is 0 Å². The van der Waals surface area contributed by atoms with Gasteiger partial charge in [0.2, 0.25) is 0 Å². The van der Waals surface area contributed by atoms with Crippen molar-refractivity contribution in [1.82, 2.24) is 0 Å². The molecule has 1 aliphatic carbocycles. The van der Waals surface area contributed by atoms with Crippen molar-refractivity contribution < 1.29 is 14.3 Å². The fourth-order valence-corrected chi connectivity index (χ4v) is 6.63. The third-order valence-corrected chi connectivity index (χ3v) is 8.34. The van der Waals surface area contributed by atoms with Gasteiger partial charge in [0.05, 0.1) is 11.3 Å². The maximum atomic E-state index is 12.2. The van der Waals surface area contributed by atoms with Crippen molar-refractivity contribution in [3.05, 3.63) is 107 Å². The van der Waals surface area contributed by atoms with Gasteiger partial charge in [-0.2, -0.15) is 0 Å². The maximum Gasteiger partial charge on any atom is 0.336 e. The van der Waals surface area contributed by atoms with Gasteiger partial charge in [0.15, 0.2) is 5.43 Å². The van der Waals surface area contributed by atoms with Crippen LogP contribution in [0.25, 0.3) is 59.6 Å². The number of rotatable bonds is 2. The Bertz CT molecular complexity index is 1980. The van der Waals surface area contributed by atoms with Crippen LogP contribution in [-0.2, 0) is 0 Å². The van der Waals surface area contributed by atoms with E-state index in [1.165, 1.54) is 16.8 Å². The Balaban J connectivity index is 1.65. The summed E-state index contributed by atoms with van der Waals surface area (Å²) in [6.07, 6.45) is 0. The van der Waals surface area contributed by atoms with Gasteiger partial charge in [-0.15, -0.1) is 11.3 Å². The zero-order valence-corrected chi connectivity index (χ0v) is 20.6. The van der Waals surface area contributed by atoms with Gasteiger partial charge in [-0.3, -0.25) is 4.79 Å². The number of anilines is 1. The van der Waals surface area contributed by atoms with Crippen LogP contribution < -0.4 is 10.3 Å². The molecule has 0 amide bonds. The molecule has 3 heterocycles. The smallest absolute Gasteiger partial charge is 0.336 e. The van der Waals surface area contributed by atoms with E-state index < -0.39 is 5.97 Å². The second-order valence-corrected chi connectivity index (χ2v) is 10.2. The number of thiophene rings is 1. The number of benzene rings is 4. The minimum Gasteiger partial charge on any atom is -0.478 e. The summed E-state index contributed by atoms with van der Waals surface area (Å²) in [5.74, 6) is -0.603. The molecule has 0 radical (unpaired) electrons. The summed E-state index contributed by atoms with van der Waals surface area (Å²) in [5.41, 5.74) is 6.55. The Kier molecular flexibility index (Phi) is 4.47. The minimum atomic E-state index is -1.01. The molecule has 0 saturated heterocycles. The van der Waals surface area contributed by atoms with Crippen molar-refractivity contribution in [2.24, 2.45) is 0 Å². The predicted molar refractivity (Wildman–Crippen MR) is 150 cm³/mol. The summed E-state index contributed by atoms with van der Waals surface area (Å²) in [6, 6.07) is 24.0. The highest BCUT2D eigenvalue weighted by Crippen LogP contribution is 2.53. The molecule has 2 aliphatic heterocycles. The molecule has 3 aliphatic rings. The SMILES string of the molecule is C=C1c2c(sc3ccccc23)-c2cc3c(-c4ccccc4C(=O)O)c4ccc(=O)cc-4oc3cc2N1C. The predicted octanol–water partition coefficient (Wildman–Crippen LogP) is 7.57. The Labute approximate surface area is 215 Å². The first-order chi connectivity index (χ1) is 17.9. The summed E-state index contributed by atoms with van der Waals surface area (Å²) in [6.45, 7) is 4.39. The normalized spacial score (nSPS) is 12.8. The highest BCUT2D eigenvalue weighted by Gasteiger charge is 2.30. The lowest BCUT2D eigenvalue weighted by Crippen LogP contribution is -2.19. The van der Waals surface area contributed by atoms with Crippen LogP contribution in [0.15, 0.2) is 94.7 Å². The van der Waals surface area contributed by atoms with Crippen LogP contribution >= 0.6 is 11.3 Å². The molecule has 1 aromatic heterocycles. The van der Waals surface area contributed by atoms with Crippen LogP contribution in [0.2, 0.25) is 0 Å². The largest absolute Gasteiger partial charge is 0.478 e.